The third-order valence-corrected chi connectivity index (χ3v) is 6.97. The number of hydrogen-bond acceptors (Lipinski definition) is 7. The SMILES string of the molecule is Cc1ncc(C(=O)CC[C@](C)(O)c2cc3c(c(-c4ccc(F)cc4)n2)OC[C@]3(C)C(N)=O)s1. The van der Waals surface area contributed by atoms with E-state index in [4.69, 9.17) is 10.5 Å². The maximum Gasteiger partial charge on any atom is 0.231 e. The fourth-order valence-corrected chi connectivity index (χ4v) is 4.51. The van der Waals surface area contributed by atoms with Gasteiger partial charge in [-0.15, -0.1) is 11.3 Å². The number of pyridine rings is 1. The number of hydrogen-bond donors (Lipinski definition) is 2. The number of aryl methyl sites for hydroxylation is 1. The van der Waals surface area contributed by atoms with Crippen LogP contribution in [0.3, 0.4) is 0 Å². The van der Waals surface area contributed by atoms with E-state index in [2.05, 4.69) is 9.97 Å². The standard InChI is InChI=1S/C24H24FN3O4S/c1-13-27-11-18(33-13)17(29)8-9-24(3,31)19-10-16-21(32-12-23(16,2)22(26)30)20(28-19)14-4-6-15(25)7-5-14/h4-7,10-11,31H,8-9,12H2,1-3H3,(H2,26,30)/t23-,24-/m0/s1. The first-order valence-electron chi connectivity index (χ1n) is 10.4. The number of amides is 1. The van der Waals surface area contributed by atoms with E-state index in [9.17, 15) is 19.1 Å². The summed E-state index contributed by atoms with van der Waals surface area (Å²) >= 11 is 1.31. The van der Waals surface area contributed by atoms with Crippen LogP contribution in [0.25, 0.3) is 11.3 Å². The van der Waals surface area contributed by atoms with Crippen LogP contribution in [0.15, 0.2) is 36.5 Å². The molecule has 0 unspecified atom stereocenters. The maximum absolute atomic E-state index is 13.5. The summed E-state index contributed by atoms with van der Waals surface area (Å²) < 4.78 is 19.3. The number of fused-ring (bicyclic) bond motifs is 1. The monoisotopic (exact) mass is 469 g/mol. The summed E-state index contributed by atoms with van der Waals surface area (Å²) in [6.07, 6.45) is 1.72. The summed E-state index contributed by atoms with van der Waals surface area (Å²) in [6.45, 7) is 5.09. The normalized spacial score (nSPS) is 18.9. The number of rotatable bonds is 7. The predicted octanol–water partition coefficient (Wildman–Crippen LogP) is 3.66. The minimum atomic E-state index is -1.49. The van der Waals surface area contributed by atoms with Crippen LogP contribution in [-0.2, 0) is 15.8 Å². The zero-order valence-corrected chi connectivity index (χ0v) is 19.3. The Kier molecular flexibility index (Phi) is 5.79. The number of Topliss-reactive ketones (excluding diaryl/α,β-unsaturated/α-hetero) is 1. The Hall–Kier alpha value is -3.17. The average molecular weight is 470 g/mol. The fourth-order valence-electron chi connectivity index (χ4n) is 3.77. The summed E-state index contributed by atoms with van der Waals surface area (Å²) in [7, 11) is 0. The number of carbonyl (C=O) groups is 2. The van der Waals surface area contributed by atoms with Crippen LogP contribution in [0.4, 0.5) is 4.39 Å². The van der Waals surface area contributed by atoms with Crippen LogP contribution in [0.1, 0.15) is 52.6 Å². The van der Waals surface area contributed by atoms with Gasteiger partial charge in [-0.05, 0) is 57.5 Å². The Bertz CT molecular complexity index is 1240. The van der Waals surface area contributed by atoms with E-state index in [1.807, 2.05) is 6.92 Å². The van der Waals surface area contributed by atoms with Gasteiger partial charge in [0, 0.05) is 23.7 Å². The van der Waals surface area contributed by atoms with Gasteiger partial charge < -0.3 is 15.6 Å². The van der Waals surface area contributed by atoms with E-state index in [1.165, 1.54) is 29.7 Å². The largest absolute Gasteiger partial charge is 0.489 e. The summed E-state index contributed by atoms with van der Waals surface area (Å²) in [5.41, 5.74) is 4.79. The molecule has 0 saturated heterocycles. The molecule has 0 fully saturated rings. The first kappa shape index (κ1) is 23.0. The number of aromatic nitrogens is 2. The quantitative estimate of drug-likeness (QED) is 0.510. The third-order valence-electron chi connectivity index (χ3n) is 6.02. The number of benzene rings is 1. The lowest BCUT2D eigenvalue weighted by atomic mass is 9.81. The maximum atomic E-state index is 13.5. The van der Waals surface area contributed by atoms with E-state index >= 15 is 0 Å². The zero-order valence-electron chi connectivity index (χ0n) is 18.5. The van der Waals surface area contributed by atoms with Crippen LogP contribution in [0.2, 0.25) is 0 Å². The highest BCUT2D eigenvalue weighted by molar-refractivity contribution is 7.13. The fraction of sp³-hybridized carbons (Fsp3) is 0.333. The molecule has 4 rings (SSSR count). The average Bonchev–Trinajstić information content (AvgIpc) is 3.36. The molecular weight excluding hydrogens is 445 g/mol. The lowest BCUT2D eigenvalue weighted by Gasteiger charge is -2.25. The molecule has 3 aromatic rings. The van der Waals surface area contributed by atoms with Crippen LogP contribution in [-0.4, -0.2) is 33.4 Å². The van der Waals surface area contributed by atoms with Gasteiger partial charge in [0.15, 0.2) is 5.78 Å². The van der Waals surface area contributed by atoms with E-state index in [-0.39, 0.29) is 30.9 Å². The molecule has 1 aliphatic rings. The number of ketones is 1. The molecule has 2 atom stereocenters. The van der Waals surface area contributed by atoms with Crippen LogP contribution in [0.5, 0.6) is 5.75 Å². The van der Waals surface area contributed by atoms with Crippen molar-refractivity contribution >= 4 is 23.0 Å². The number of nitrogens with zero attached hydrogens (tertiary/aromatic N) is 2. The molecule has 1 amide bonds. The number of primary amides is 1. The summed E-state index contributed by atoms with van der Waals surface area (Å²) in [5, 5.41) is 12.1. The smallest absolute Gasteiger partial charge is 0.231 e. The molecule has 7 nitrogen and oxygen atoms in total. The number of nitrogens with two attached hydrogens (primary N) is 1. The Morgan fingerprint density at radius 1 is 1.33 bits per heavy atom. The number of carbonyl (C=O) groups excluding carboxylic acids is 2. The van der Waals surface area contributed by atoms with Gasteiger partial charge in [-0.25, -0.2) is 14.4 Å². The molecule has 0 bridgehead atoms. The highest BCUT2D eigenvalue weighted by Crippen LogP contribution is 2.45. The van der Waals surface area contributed by atoms with Crippen molar-refractivity contribution in [2.45, 2.75) is 44.6 Å². The molecule has 0 saturated carbocycles. The van der Waals surface area contributed by atoms with Crippen molar-refractivity contribution in [3.05, 3.63) is 63.5 Å². The van der Waals surface area contributed by atoms with Gasteiger partial charge in [-0.3, -0.25) is 9.59 Å². The second-order valence-corrected chi connectivity index (χ2v) is 9.90. The van der Waals surface area contributed by atoms with Crippen molar-refractivity contribution < 1.29 is 23.8 Å². The van der Waals surface area contributed by atoms with Crippen molar-refractivity contribution in [3.8, 4) is 17.0 Å². The highest BCUT2D eigenvalue weighted by Gasteiger charge is 2.45. The molecule has 1 aliphatic heterocycles. The summed E-state index contributed by atoms with van der Waals surface area (Å²) in [5.74, 6) is -0.720. The molecule has 1 aromatic carbocycles. The summed E-state index contributed by atoms with van der Waals surface area (Å²) in [4.78, 5) is 34.1. The van der Waals surface area contributed by atoms with Crippen LogP contribution in [0, 0.1) is 12.7 Å². The third kappa shape index (κ3) is 4.26. The second-order valence-electron chi connectivity index (χ2n) is 8.67. The molecule has 0 aliphatic carbocycles. The van der Waals surface area contributed by atoms with E-state index < -0.39 is 22.7 Å². The molecule has 3 heterocycles. The second kappa shape index (κ2) is 8.31. The van der Waals surface area contributed by atoms with Gasteiger partial charge in [0.2, 0.25) is 5.91 Å². The van der Waals surface area contributed by atoms with Crippen LogP contribution >= 0.6 is 11.3 Å². The Morgan fingerprint density at radius 2 is 2.03 bits per heavy atom. The predicted molar refractivity (Wildman–Crippen MR) is 122 cm³/mol. The Labute approximate surface area is 194 Å². The molecule has 2 aromatic heterocycles. The van der Waals surface area contributed by atoms with Gasteiger partial charge in [0.25, 0.3) is 0 Å². The van der Waals surface area contributed by atoms with Crippen molar-refractivity contribution in [1.82, 2.24) is 9.97 Å². The molecule has 33 heavy (non-hydrogen) atoms. The number of thiazole rings is 1. The topological polar surface area (TPSA) is 115 Å². The Balaban J connectivity index is 1.74. The number of ether oxygens (including phenoxy) is 1. The minimum absolute atomic E-state index is 0.0301. The molecule has 3 N–H and O–H groups in total. The Morgan fingerprint density at radius 3 is 2.64 bits per heavy atom. The van der Waals surface area contributed by atoms with Gasteiger partial charge >= 0.3 is 0 Å². The van der Waals surface area contributed by atoms with E-state index in [0.29, 0.717) is 27.4 Å². The van der Waals surface area contributed by atoms with Gasteiger partial charge in [0.05, 0.1) is 15.6 Å². The number of halogens is 1. The van der Waals surface area contributed by atoms with Crippen molar-refractivity contribution in [2.24, 2.45) is 5.73 Å². The first-order chi connectivity index (χ1) is 15.5. The summed E-state index contributed by atoms with van der Waals surface area (Å²) in [6, 6.07) is 7.31. The van der Waals surface area contributed by atoms with Gasteiger partial charge in [0.1, 0.15) is 34.9 Å². The van der Waals surface area contributed by atoms with E-state index in [1.54, 1.807) is 32.0 Å². The van der Waals surface area contributed by atoms with E-state index in [0.717, 1.165) is 5.01 Å². The van der Waals surface area contributed by atoms with Gasteiger partial charge in [-0.1, -0.05) is 0 Å². The molecular formula is C24H24FN3O4S. The molecule has 0 spiro atoms. The molecule has 0 radical (unpaired) electrons. The van der Waals surface area contributed by atoms with Crippen molar-refractivity contribution in [3.63, 3.8) is 0 Å². The lowest BCUT2D eigenvalue weighted by Crippen LogP contribution is -2.40. The number of aliphatic hydroxyl groups is 1. The lowest BCUT2D eigenvalue weighted by molar-refractivity contribution is -0.123. The van der Waals surface area contributed by atoms with Crippen LogP contribution < -0.4 is 10.5 Å². The van der Waals surface area contributed by atoms with Gasteiger partial charge in [-0.2, -0.15) is 0 Å². The molecule has 172 valence electrons. The van der Waals surface area contributed by atoms with Crippen molar-refractivity contribution in [2.75, 3.05) is 6.61 Å². The zero-order chi connectivity index (χ0) is 24.0. The first-order valence-corrected chi connectivity index (χ1v) is 11.3. The van der Waals surface area contributed by atoms with Crippen molar-refractivity contribution in [1.29, 1.82) is 0 Å². The highest BCUT2D eigenvalue weighted by atomic mass is 32.1. The molecule has 9 heteroatoms. The minimum Gasteiger partial charge on any atom is -0.489 e.